The summed E-state index contributed by atoms with van der Waals surface area (Å²) in [6.45, 7) is 0. The number of rotatable bonds is 2. The Morgan fingerprint density at radius 3 is 2.70 bits per heavy atom. The summed E-state index contributed by atoms with van der Waals surface area (Å²) < 4.78 is 1.24. The highest BCUT2D eigenvalue weighted by atomic mass is 32.2. The average Bonchev–Trinajstić information content (AvgIpc) is 3.23. The Morgan fingerprint density at radius 1 is 1.00 bits per heavy atom. The standard InChI is InChI=1S/C21H12N2O2S2/c24-20-19(27-21(25)23-20)10-12-5-6-16-15(9-12)14(7-8-22-16)18-11-13-3-1-2-4-17(13)26-18/h1-11H,(H,23,24,25)/b19-10+. The van der Waals surface area contributed by atoms with Gasteiger partial charge < -0.3 is 0 Å². The van der Waals surface area contributed by atoms with Gasteiger partial charge in [-0.3, -0.25) is 19.9 Å². The van der Waals surface area contributed by atoms with Gasteiger partial charge in [0.05, 0.1) is 10.4 Å². The van der Waals surface area contributed by atoms with Crippen molar-refractivity contribution in [2.24, 2.45) is 0 Å². The van der Waals surface area contributed by atoms with E-state index in [-0.39, 0.29) is 11.1 Å². The smallest absolute Gasteiger partial charge is 0.282 e. The Morgan fingerprint density at radius 2 is 1.89 bits per heavy atom. The topological polar surface area (TPSA) is 59.1 Å². The zero-order valence-electron chi connectivity index (χ0n) is 13.9. The number of pyridine rings is 1. The van der Waals surface area contributed by atoms with E-state index in [4.69, 9.17) is 0 Å². The van der Waals surface area contributed by atoms with Crippen molar-refractivity contribution in [1.82, 2.24) is 10.3 Å². The summed E-state index contributed by atoms with van der Waals surface area (Å²) in [6.07, 6.45) is 3.56. The largest absolute Gasteiger partial charge is 0.290 e. The first-order valence-corrected chi connectivity index (χ1v) is 9.93. The van der Waals surface area contributed by atoms with Gasteiger partial charge in [-0.2, -0.15) is 0 Å². The molecule has 0 bridgehead atoms. The van der Waals surface area contributed by atoms with Gasteiger partial charge in [0.15, 0.2) is 0 Å². The van der Waals surface area contributed by atoms with Crippen LogP contribution in [-0.2, 0) is 4.79 Å². The van der Waals surface area contributed by atoms with Crippen LogP contribution >= 0.6 is 23.1 Å². The number of carbonyl (C=O) groups excluding carboxylic acids is 2. The quantitative estimate of drug-likeness (QED) is 0.465. The minimum atomic E-state index is -0.346. The second-order valence-electron chi connectivity index (χ2n) is 6.14. The van der Waals surface area contributed by atoms with Gasteiger partial charge in [0, 0.05) is 26.7 Å². The Bertz CT molecular complexity index is 1240. The molecule has 1 aliphatic heterocycles. The van der Waals surface area contributed by atoms with E-state index >= 15 is 0 Å². The maximum absolute atomic E-state index is 11.8. The number of hydrogen-bond donors (Lipinski definition) is 1. The summed E-state index contributed by atoms with van der Waals surface area (Å²) in [5, 5.41) is 4.19. The molecule has 0 radical (unpaired) electrons. The first-order chi connectivity index (χ1) is 13.2. The molecule has 0 saturated carbocycles. The van der Waals surface area contributed by atoms with Crippen LogP contribution < -0.4 is 5.32 Å². The van der Waals surface area contributed by atoms with Gasteiger partial charge in [-0.25, -0.2) is 0 Å². The molecule has 0 spiro atoms. The normalized spacial score (nSPS) is 15.8. The number of nitrogens with one attached hydrogen (secondary N) is 1. The SMILES string of the molecule is O=C1NC(=O)/C(=C\c2ccc3nccc(-c4cc5ccccc5s4)c3c2)S1. The Hall–Kier alpha value is -2.96. The zero-order chi connectivity index (χ0) is 18.4. The number of imide groups is 1. The van der Waals surface area contributed by atoms with Crippen LogP contribution in [0, 0.1) is 0 Å². The molecule has 130 valence electrons. The van der Waals surface area contributed by atoms with Crippen LogP contribution in [0.2, 0.25) is 0 Å². The highest BCUT2D eigenvalue weighted by molar-refractivity contribution is 8.18. The van der Waals surface area contributed by atoms with Crippen LogP contribution in [0.25, 0.3) is 37.5 Å². The van der Waals surface area contributed by atoms with Gasteiger partial charge in [-0.05, 0) is 59.1 Å². The molecule has 6 heteroatoms. The highest BCUT2D eigenvalue weighted by Crippen LogP contribution is 2.37. The molecule has 0 atom stereocenters. The van der Waals surface area contributed by atoms with Crippen LogP contribution in [0.4, 0.5) is 4.79 Å². The fourth-order valence-corrected chi connectivity index (χ4v) is 4.94. The fraction of sp³-hybridized carbons (Fsp3) is 0. The van der Waals surface area contributed by atoms with Crippen molar-refractivity contribution < 1.29 is 9.59 Å². The van der Waals surface area contributed by atoms with Crippen molar-refractivity contribution in [3.63, 3.8) is 0 Å². The van der Waals surface area contributed by atoms with E-state index in [9.17, 15) is 9.59 Å². The molecule has 1 saturated heterocycles. The Kier molecular flexibility index (Phi) is 3.81. The van der Waals surface area contributed by atoms with Crippen molar-refractivity contribution in [2.75, 3.05) is 0 Å². The number of carbonyl (C=O) groups is 2. The predicted octanol–water partition coefficient (Wildman–Crippen LogP) is 5.44. The lowest BCUT2D eigenvalue weighted by Gasteiger charge is -2.05. The number of aromatic nitrogens is 1. The lowest BCUT2D eigenvalue weighted by atomic mass is 10.0. The third-order valence-corrected chi connectivity index (χ3v) is 6.36. The first-order valence-electron chi connectivity index (χ1n) is 8.30. The molecule has 1 aliphatic rings. The van der Waals surface area contributed by atoms with E-state index < -0.39 is 0 Å². The maximum atomic E-state index is 11.8. The minimum Gasteiger partial charge on any atom is -0.282 e. The van der Waals surface area contributed by atoms with Crippen LogP contribution in [0.3, 0.4) is 0 Å². The van der Waals surface area contributed by atoms with Gasteiger partial charge in [-0.1, -0.05) is 24.3 Å². The molecular weight excluding hydrogens is 376 g/mol. The summed E-state index contributed by atoms with van der Waals surface area (Å²) in [6, 6.07) is 18.4. The molecule has 27 heavy (non-hydrogen) atoms. The number of fused-ring (bicyclic) bond motifs is 2. The third kappa shape index (κ3) is 2.93. The lowest BCUT2D eigenvalue weighted by Crippen LogP contribution is -2.17. The summed E-state index contributed by atoms with van der Waals surface area (Å²) in [4.78, 5) is 29.2. The minimum absolute atomic E-state index is 0.334. The van der Waals surface area contributed by atoms with Gasteiger partial charge >= 0.3 is 0 Å². The summed E-state index contributed by atoms with van der Waals surface area (Å²) >= 11 is 2.67. The van der Waals surface area contributed by atoms with Gasteiger partial charge in [0.2, 0.25) is 0 Å². The van der Waals surface area contributed by atoms with E-state index in [1.807, 2.05) is 42.6 Å². The second-order valence-corrected chi connectivity index (χ2v) is 8.23. The van der Waals surface area contributed by atoms with Crippen molar-refractivity contribution in [3.05, 3.63) is 71.3 Å². The van der Waals surface area contributed by atoms with Crippen LogP contribution in [0.1, 0.15) is 5.56 Å². The summed E-state index contributed by atoms with van der Waals surface area (Å²) in [7, 11) is 0. The zero-order valence-corrected chi connectivity index (χ0v) is 15.6. The van der Waals surface area contributed by atoms with E-state index in [1.165, 1.54) is 15.0 Å². The average molecular weight is 388 g/mol. The summed E-state index contributed by atoms with van der Waals surface area (Å²) in [5.41, 5.74) is 2.87. The molecule has 0 aliphatic carbocycles. The van der Waals surface area contributed by atoms with Crippen LogP contribution in [0.5, 0.6) is 0 Å². The van der Waals surface area contributed by atoms with Crippen molar-refractivity contribution >= 4 is 61.3 Å². The Labute approximate surface area is 162 Å². The van der Waals surface area contributed by atoms with E-state index in [1.54, 1.807) is 17.4 Å². The number of nitrogens with zero attached hydrogens (tertiary/aromatic N) is 1. The molecule has 1 fully saturated rings. The molecular formula is C21H12N2O2S2. The van der Waals surface area contributed by atoms with E-state index in [0.717, 1.165) is 33.8 Å². The monoisotopic (exact) mass is 388 g/mol. The van der Waals surface area contributed by atoms with Gasteiger partial charge in [-0.15, -0.1) is 11.3 Å². The molecule has 3 heterocycles. The maximum Gasteiger partial charge on any atom is 0.290 e. The molecule has 2 aromatic carbocycles. The second kappa shape index (κ2) is 6.33. The molecule has 0 unspecified atom stereocenters. The number of amides is 2. The van der Waals surface area contributed by atoms with Crippen LogP contribution in [0.15, 0.2) is 65.7 Å². The fourth-order valence-electron chi connectivity index (χ4n) is 3.16. The van der Waals surface area contributed by atoms with Crippen molar-refractivity contribution in [3.8, 4) is 10.4 Å². The first kappa shape index (κ1) is 16.2. The molecule has 2 aromatic heterocycles. The number of thiophene rings is 1. The third-order valence-electron chi connectivity index (χ3n) is 4.40. The van der Waals surface area contributed by atoms with Gasteiger partial charge in [0.25, 0.3) is 11.1 Å². The molecule has 4 aromatic rings. The molecule has 4 nitrogen and oxygen atoms in total. The number of thioether (sulfide) groups is 1. The van der Waals surface area contributed by atoms with Gasteiger partial charge in [0.1, 0.15) is 0 Å². The number of hydrogen-bond acceptors (Lipinski definition) is 5. The summed E-state index contributed by atoms with van der Waals surface area (Å²) in [5.74, 6) is -0.346. The molecule has 1 N–H and O–H groups in total. The van der Waals surface area contributed by atoms with Crippen molar-refractivity contribution in [2.45, 2.75) is 0 Å². The van der Waals surface area contributed by atoms with E-state index in [2.05, 4.69) is 28.5 Å². The highest BCUT2D eigenvalue weighted by Gasteiger charge is 2.25. The molecule has 2 amide bonds. The van der Waals surface area contributed by atoms with Crippen LogP contribution in [-0.4, -0.2) is 16.1 Å². The number of benzene rings is 2. The van der Waals surface area contributed by atoms with E-state index in [0.29, 0.717) is 4.91 Å². The Balaban J connectivity index is 1.66. The van der Waals surface area contributed by atoms with Crippen molar-refractivity contribution in [1.29, 1.82) is 0 Å². The predicted molar refractivity (Wildman–Crippen MR) is 112 cm³/mol. The molecule has 5 rings (SSSR count). The lowest BCUT2D eigenvalue weighted by molar-refractivity contribution is -0.115.